The molecule has 0 saturated carbocycles. The Labute approximate surface area is 66.0 Å². The fourth-order valence-electron chi connectivity index (χ4n) is 0.869. The van der Waals surface area contributed by atoms with E-state index in [2.05, 4.69) is 6.92 Å². The second kappa shape index (κ2) is 3.60. The van der Waals surface area contributed by atoms with Crippen LogP contribution in [0.4, 0.5) is 0 Å². The summed E-state index contributed by atoms with van der Waals surface area (Å²) < 4.78 is 5.11. The van der Waals surface area contributed by atoms with Crippen LogP contribution in [0.3, 0.4) is 0 Å². The molecule has 0 unspecified atom stereocenters. The highest BCUT2D eigenvalue weighted by molar-refractivity contribution is 8.00. The summed E-state index contributed by atoms with van der Waals surface area (Å²) in [4.78, 5) is 0. The molecule has 1 aliphatic heterocycles. The third-order valence-corrected chi connectivity index (χ3v) is 3.22. The van der Waals surface area contributed by atoms with Gasteiger partial charge in [0.1, 0.15) is 0 Å². The smallest absolute Gasteiger partial charge is 0.0855 e. The molecule has 0 aliphatic carbocycles. The quantitative estimate of drug-likeness (QED) is 0.665. The lowest BCUT2D eigenvalue weighted by atomic mass is 10.1. The molecule has 0 aromatic heterocycles. The van der Waals surface area contributed by atoms with Crippen molar-refractivity contribution >= 4 is 11.8 Å². The number of hydrogen-bond donors (Lipinski definition) is 1. The minimum Gasteiger partial charge on any atom is -0.395 e. The van der Waals surface area contributed by atoms with Gasteiger partial charge in [-0.1, -0.05) is 6.92 Å². The minimum absolute atomic E-state index is 0.0655. The Hall–Kier alpha value is 0.270. The van der Waals surface area contributed by atoms with Crippen molar-refractivity contribution < 1.29 is 9.84 Å². The van der Waals surface area contributed by atoms with Gasteiger partial charge in [-0.25, -0.2) is 0 Å². The highest BCUT2D eigenvalue weighted by Crippen LogP contribution is 2.32. The standard InChI is InChI=1S/C7H14O2S/c1-2-3-10-7(4-8)5-9-6-7/h8H,2-6H2,1H3. The van der Waals surface area contributed by atoms with Gasteiger partial charge in [-0.3, -0.25) is 0 Å². The Kier molecular flexibility index (Phi) is 3.01. The van der Waals surface area contributed by atoms with Gasteiger partial charge in [-0.05, 0) is 12.2 Å². The van der Waals surface area contributed by atoms with E-state index in [0.717, 1.165) is 19.0 Å². The first-order valence-electron chi connectivity index (χ1n) is 3.65. The molecular weight excluding hydrogens is 148 g/mol. The SMILES string of the molecule is CCCSC1(CO)COC1. The molecule has 60 valence electrons. The maximum absolute atomic E-state index is 8.96. The lowest BCUT2D eigenvalue weighted by Gasteiger charge is -2.39. The summed E-state index contributed by atoms with van der Waals surface area (Å²) in [5, 5.41) is 8.96. The van der Waals surface area contributed by atoms with E-state index in [4.69, 9.17) is 9.84 Å². The summed E-state index contributed by atoms with van der Waals surface area (Å²) in [5.41, 5.74) is 0. The summed E-state index contributed by atoms with van der Waals surface area (Å²) in [6.07, 6.45) is 1.17. The van der Waals surface area contributed by atoms with Gasteiger partial charge in [0.05, 0.1) is 24.6 Å². The first kappa shape index (κ1) is 8.37. The van der Waals surface area contributed by atoms with Crippen molar-refractivity contribution in [3.05, 3.63) is 0 Å². The van der Waals surface area contributed by atoms with Crippen LogP contribution in [0.1, 0.15) is 13.3 Å². The van der Waals surface area contributed by atoms with Gasteiger partial charge in [-0.15, -0.1) is 11.8 Å². The number of rotatable bonds is 4. The Balaban J connectivity index is 2.20. The molecule has 0 amide bonds. The van der Waals surface area contributed by atoms with Gasteiger partial charge in [0.15, 0.2) is 0 Å². The Morgan fingerprint density at radius 2 is 2.30 bits per heavy atom. The van der Waals surface area contributed by atoms with Crippen LogP contribution in [0.15, 0.2) is 0 Å². The first-order chi connectivity index (χ1) is 4.83. The predicted octanol–water partition coefficient (Wildman–Crippen LogP) is 0.891. The van der Waals surface area contributed by atoms with E-state index in [0.29, 0.717) is 0 Å². The van der Waals surface area contributed by atoms with Crippen molar-refractivity contribution in [2.75, 3.05) is 25.6 Å². The number of thioether (sulfide) groups is 1. The molecule has 2 nitrogen and oxygen atoms in total. The van der Waals surface area contributed by atoms with Gasteiger partial charge >= 0.3 is 0 Å². The topological polar surface area (TPSA) is 29.5 Å². The van der Waals surface area contributed by atoms with E-state index in [1.54, 1.807) is 0 Å². The minimum atomic E-state index is 0.0655. The van der Waals surface area contributed by atoms with E-state index in [-0.39, 0.29) is 11.4 Å². The lowest BCUT2D eigenvalue weighted by Crippen LogP contribution is -2.49. The summed E-state index contributed by atoms with van der Waals surface area (Å²) in [6.45, 7) is 3.87. The van der Waals surface area contributed by atoms with Crippen molar-refractivity contribution in [1.82, 2.24) is 0 Å². The van der Waals surface area contributed by atoms with Gasteiger partial charge in [0.2, 0.25) is 0 Å². The third-order valence-electron chi connectivity index (χ3n) is 1.63. The summed E-state index contributed by atoms with van der Waals surface area (Å²) in [6, 6.07) is 0. The normalized spacial score (nSPS) is 22.2. The molecule has 1 rings (SSSR count). The molecule has 0 spiro atoms. The third kappa shape index (κ3) is 1.65. The van der Waals surface area contributed by atoms with Crippen molar-refractivity contribution in [3.8, 4) is 0 Å². The molecule has 3 heteroatoms. The summed E-state index contributed by atoms with van der Waals surface area (Å²) in [7, 11) is 0. The van der Waals surface area contributed by atoms with Crippen molar-refractivity contribution in [3.63, 3.8) is 0 Å². The zero-order valence-corrected chi connectivity index (χ0v) is 7.12. The maximum Gasteiger partial charge on any atom is 0.0855 e. The summed E-state index contributed by atoms with van der Waals surface area (Å²) in [5.74, 6) is 1.13. The molecule has 1 N–H and O–H groups in total. The molecule has 1 heterocycles. The van der Waals surface area contributed by atoms with Gasteiger partial charge in [0, 0.05) is 0 Å². The van der Waals surface area contributed by atoms with Crippen LogP contribution in [0.5, 0.6) is 0 Å². The molecule has 1 aliphatic rings. The molecule has 0 bridgehead atoms. The van der Waals surface area contributed by atoms with Gasteiger partial charge in [-0.2, -0.15) is 0 Å². The van der Waals surface area contributed by atoms with Crippen LogP contribution < -0.4 is 0 Å². The summed E-state index contributed by atoms with van der Waals surface area (Å²) >= 11 is 1.84. The molecule has 10 heavy (non-hydrogen) atoms. The van der Waals surface area contributed by atoms with Gasteiger partial charge in [0.25, 0.3) is 0 Å². The predicted molar refractivity (Wildman–Crippen MR) is 43.4 cm³/mol. The van der Waals surface area contributed by atoms with Crippen molar-refractivity contribution in [2.24, 2.45) is 0 Å². The first-order valence-corrected chi connectivity index (χ1v) is 4.64. The monoisotopic (exact) mass is 162 g/mol. The fraction of sp³-hybridized carbons (Fsp3) is 1.00. The average Bonchev–Trinajstić information content (AvgIpc) is 1.87. The lowest BCUT2D eigenvalue weighted by molar-refractivity contribution is -0.0318. The average molecular weight is 162 g/mol. The largest absolute Gasteiger partial charge is 0.395 e. The zero-order valence-electron chi connectivity index (χ0n) is 6.30. The molecule has 0 atom stereocenters. The van der Waals surface area contributed by atoms with Crippen LogP contribution in [0, 0.1) is 0 Å². The van der Waals surface area contributed by atoms with Crippen molar-refractivity contribution in [2.45, 2.75) is 18.1 Å². The molecule has 0 aromatic rings. The van der Waals surface area contributed by atoms with Crippen LogP contribution in [-0.2, 0) is 4.74 Å². The molecule has 0 aromatic carbocycles. The Bertz CT molecular complexity index is 96.3. The van der Waals surface area contributed by atoms with E-state index in [9.17, 15) is 0 Å². The van der Waals surface area contributed by atoms with Crippen molar-refractivity contribution in [1.29, 1.82) is 0 Å². The second-order valence-corrected chi connectivity index (χ2v) is 4.25. The molecule has 0 radical (unpaired) electrons. The maximum atomic E-state index is 8.96. The molecule has 1 fully saturated rings. The van der Waals surface area contributed by atoms with E-state index >= 15 is 0 Å². The number of hydrogen-bond acceptors (Lipinski definition) is 3. The number of aliphatic hydroxyl groups is 1. The molecular formula is C7H14O2S. The number of ether oxygens (including phenoxy) is 1. The van der Waals surface area contributed by atoms with Crippen LogP contribution >= 0.6 is 11.8 Å². The van der Waals surface area contributed by atoms with Crippen LogP contribution in [0.2, 0.25) is 0 Å². The van der Waals surface area contributed by atoms with Crippen LogP contribution in [0.25, 0.3) is 0 Å². The highest BCUT2D eigenvalue weighted by atomic mass is 32.2. The Morgan fingerprint density at radius 3 is 2.60 bits per heavy atom. The van der Waals surface area contributed by atoms with E-state index < -0.39 is 0 Å². The van der Waals surface area contributed by atoms with E-state index in [1.807, 2.05) is 11.8 Å². The van der Waals surface area contributed by atoms with E-state index in [1.165, 1.54) is 6.42 Å². The van der Waals surface area contributed by atoms with Gasteiger partial charge < -0.3 is 9.84 Å². The molecule has 1 saturated heterocycles. The fourth-order valence-corrected chi connectivity index (χ4v) is 1.93. The van der Waals surface area contributed by atoms with Crippen LogP contribution in [-0.4, -0.2) is 35.4 Å². The highest BCUT2D eigenvalue weighted by Gasteiger charge is 2.37. The number of aliphatic hydroxyl groups excluding tert-OH is 1. The second-order valence-electron chi connectivity index (χ2n) is 2.68. The zero-order chi connectivity index (χ0) is 7.45. The Morgan fingerprint density at radius 1 is 1.60 bits per heavy atom.